The SMILES string of the molecule is OC[C@H]1O[C@@H](OC2CCC34C=C5Cc6cc7c8c9c(cc%10c%11c9c9c%12c8c6c6c5c3c3c5c(cc8cc(c%13c8c5c(c3c6%12)c9c%13%11)C%10)C4C2)C7)C(O)C(O)[C@@H]1O. The first-order valence-corrected chi connectivity index (χ1v) is 20.4. The molecule has 0 aromatic heterocycles. The van der Waals surface area contributed by atoms with Gasteiger partial charge in [-0.1, -0.05) is 30.3 Å². The van der Waals surface area contributed by atoms with Crippen molar-refractivity contribution in [2.45, 2.75) is 86.7 Å². The Bertz CT molecular complexity index is 3740. The lowest BCUT2D eigenvalue weighted by atomic mass is 9.57. The molecular formula is C49H30O6. The molecule has 6 aliphatic carbocycles. The van der Waals surface area contributed by atoms with Gasteiger partial charge in [0.05, 0.1) is 12.7 Å². The molecule has 55 heavy (non-hydrogen) atoms. The van der Waals surface area contributed by atoms with Gasteiger partial charge in [0.25, 0.3) is 0 Å². The van der Waals surface area contributed by atoms with E-state index < -0.39 is 37.3 Å². The van der Waals surface area contributed by atoms with E-state index >= 15 is 0 Å². The van der Waals surface area contributed by atoms with Crippen molar-refractivity contribution in [2.75, 3.05) is 6.61 Å². The molecule has 0 amide bonds. The fourth-order valence-corrected chi connectivity index (χ4v) is 15.7. The standard InChI is InChI=1S/C49H30O6/c50-12-23-45(51)46(52)47(53)48(55-23)54-20-1-2-49-11-19-8-17-6-14-3-13-4-16-5-15-7-18-9-21(22(49)10-20)31-36-27(18)26(15)33-28(16)32-24(13)25(14)34-29(17)35-30(19)44(49)43(31)42-40(35)38(34)37(32)39(33)41(36)42/h4,6-7,9,11,20,22-23,45-48,50-53H,1-3,5,8,10,12H2/t20?,22?,23-,45-,46?,47?,48-,49?/m1/s1. The molecule has 262 valence electrons. The lowest BCUT2D eigenvalue weighted by Crippen LogP contribution is -2.60. The third-order valence-corrected chi connectivity index (χ3v) is 17.2. The Morgan fingerprint density at radius 3 is 1.91 bits per heavy atom. The zero-order chi connectivity index (χ0) is 35.2. The summed E-state index contributed by atoms with van der Waals surface area (Å²) < 4.78 is 12.6. The fraction of sp³-hybridized carbons (Fsp3) is 0.306. The van der Waals surface area contributed by atoms with E-state index in [1.807, 2.05) is 0 Å². The summed E-state index contributed by atoms with van der Waals surface area (Å²) in [7, 11) is 0. The summed E-state index contributed by atoms with van der Waals surface area (Å²) in [6.45, 7) is -0.465. The molecule has 4 N–H and O–H groups in total. The second kappa shape index (κ2) is 7.58. The second-order valence-electron chi connectivity index (χ2n) is 19.0. The normalized spacial score (nSPS) is 31.6. The van der Waals surface area contributed by atoms with Gasteiger partial charge in [0.15, 0.2) is 6.29 Å². The van der Waals surface area contributed by atoms with Gasteiger partial charge in [0, 0.05) is 11.3 Å². The minimum Gasteiger partial charge on any atom is -0.394 e. The summed E-state index contributed by atoms with van der Waals surface area (Å²) in [5, 5.41) is 72.7. The van der Waals surface area contributed by atoms with Crippen LogP contribution in [0.15, 0.2) is 30.3 Å². The first kappa shape index (κ1) is 27.0. The van der Waals surface area contributed by atoms with Crippen molar-refractivity contribution in [1.82, 2.24) is 0 Å². The number of fused-ring (bicyclic) bond motifs is 1. The average Bonchev–Trinajstić information content (AvgIpc) is 4.02. The highest BCUT2D eigenvalue weighted by atomic mass is 16.7. The van der Waals surface area contributed by atoms with Gasteiger partial charge in [-0.3, -0.25) is 0 Å². The maximum absolute atomic E-state index is 11.0. The zero-order valence-corrected chi connectivity index (χ0v) is 29.5. The van der Waals surface area contributed by atoms with Gasteiger partial charge < -0.3 is 29.9 Å². The highest BCUT2D eigenvalue weighted by Crippen LogP contribution is 2.72. The van der Waals surface area contributed by atoms with Gasteiger partial charge in [-0.25, -0.2) is 0 Å². The first-order valence-electron chi connectivity index (χ1n) is 20.4. The van der Waals surface area contributed by atoms with Gasteiger partial charge >= 0.3 is 0 Å². The minimum atomic E-state index is -1.46. The van der Waals surface area contributed by atoms with Crippen molar-refractivity contribution in [3.63, 3.8) is 0 Å². The molecule has 1 saturated carbocycles. The van der Waals surface area contributed by atoms with Gasteiger partial charge in [-0.2, -0.15) is 0 Å². The predicted molar refractivity (Wildman–Crippen MR) is 214 cm³/mol. The molecule has 8 atom stereocenters. The molecule has 11 aromatic carbocycles. The molecule has 2 fully saturated rings. The Hall–Kier alpha value is -4.66. The average molecular weight is 715 g/mol. The summed E-state index contributed by atoms with van der Waals surface area (Å²) in [5.41, 5.74) is 13.5. The summed E-state index contributed by atoms with van der Waals surface area (Å²) in [4.78, 5) is 0. The van der Waals surface area contributed by atoms with Crippen LogP contribution in [-0.2, 0) is 34.2 Å². The summed E-state index contributed by atoms with van der Waals surface area (Å²) in [6, 6.07) is 10.3. The van der Waals surface area contributed by atoms with E-state index in [4.69, 9.17) is 9.47 Å². The van der Waals surface area contributed by atoms with Crippen molar-refractivity contribution in [1.29, 1.82) is 0 Å². The van der Waals surface area contributed by atoms with Gasteiger partial charge in [0.1, 0.15) is 24.4 Å². The van der Waals surface area contributed by atoms with Gasteiger partial charge in [-0.05, 0) is 196 Å². The van der Waals surface area contributed by atoms with Crippen molar-refractivity contribution < 1.29 is 29.9 Å². The fourth-order valence-electron chi connectivity index (χ4n) is 15.7. The molecule has 1 heterocycles. The van der Waals surface area contributed by atoms with Gasteiger partial charge in [0.2, 0.25) is 0 Å². The van der Waals surface area contributed by atoms with E-state index in [2.05, 4.69) is 30.3 Å². The number of ether oxygens (including phenoxy) is 2. The van der Waals surface area contributed by atoms with Crippen molar-refractivity contribution in [3.05, 3.63) is 74.8 Å². The summed E-state index contributed by atoms with van der Waals surface area (Å²) in [5.74, 6) is 0.162. The molecule has 0 radical (unpaired) electrons. The van der Waals surface area contributed by atoms with Crippen molar-refractivity contribution in [2.24, 2.45) is 0 Å². The maximum Gasteiger partial charge on any atom is 0.186 e. The second-order valence-corrected chi connectivity index (χ2v) is 19.0. The lowest BCUT2D eigenvalue weighted by molar-refractivity contribution is -0.313. The maximum atomic E-state index is 11.0. The zero-order valence-electron chi connectivity index (χ0n) is 29.5. The molecule has 11 aromatic rings. The Morgan fingerprint density at radius 2 is 1.18 bits per heavy atom. The number of hydrogen-bond donors (Lipinski definition) is 4. The molecule has 7 aliphatic rings. The molecule has 6 heteroatoms. The van der Waals surface area contributed by atoms with Crippen LogP contribution in [0.5, 0.6) is 0 Å². The largest absolute Gasteiger partial charge is 0.394 e. The molecule has 18 rings (SSSR count). The Balaban J connectivity index is 1.03. The monoisotopic (exact) mass is 714 g/mol. The Morgan fingerprint density at radius 1 is 0.600 bits per heavy atom. The molecular weight excluding hydrogens is 685 g/mol. The van der Waals surface area contributed by atoms with Crippen LogP contribution in [0, 0.1) is 0 Å². The number of aliphatic hydroxyl groups is 4. The van der Waals surface area contributed by atoms with Crippen LogP contribution in [0.4, 0.5) is 0 Å². The van der Waals surface area contributed by atoms with Crippen LogP contribution in [0.2, 0.25) is 0 Å². The molecule has 0 bridgehead atoms. The van der Waals surface area contributed by atoms with Crippen molar-refractivity contribution >= 4 is 113 Å². The smallest absolute Gasteiger partial charge is 0.186 e. The first-order chi connectivity index (χ1) is 26.9. The van der Waals surface area contributed by atoms with Crippen LogP contribution in [-0.4, -0.2) is 63.8 Å². The summed E-state index contributed by atoms with van der Waals surface area (Å²) in [6.07, 6.45) is 1.57. The van der Waals surface area contributed by atoms with E-state index in [0.29, 0.717) is 0 Å². The quantitative estimate of drug-likeness (QED) is 0.140. The summed E-state index contributed by atoms with van der Waals surface area (Å²) >= 11 is 0. The predicted octanol–water partition coefficient (Wildman–Crippen LogP) is 7.75. The van der Waals surface area contributed by atoms with Gasteiger partial charge in [-0.15, -0.1) is 0 Å². The third kappa shape index (κ3) is 2.28. The highest BCUT2D eigenvalue weighted by molar-refractivity contribution is 6.64. The molecule has 1 saturated heterocycles. The number of benzene rings is 7. The highest BCUT2D eigenvalue weighted by Gasteiger charge is 2.56. The van der Waals surface area contributed by atoms with E-state index in [1.54, 1.807) is 75.9 Å². The third-order valence-electron chi connectivity index (χ3n) is 17.2. The van der Waals surface area contributed by atoms with Crippen LogP contribution < -0.4 is 0 Å². The molecule has 6 nitrogen and oxygen atoms in total. The minimum absolute atomic E-state index is 0.162. The van der Waals surface area contributed by atoms with Crippen LogP contribution in [0.3, 0.4) is 0 Å². The van der Waals surface area contributed by atoms with Crippen molar-refractivity contribution in [3.8, 4) is 0 Å². The van der Waals surface area contributed by atoms with Crippen LogP contribution in [0.25, 0.3) is 113 Å². The Labute approximate surface area is 310 Å². The molecule has 1 aliphatic heterocycles. The molecule has 1 spiro atoms. The Kier molecular flexibility index (Phi) is 3.72. The van der Waals surface area contributed by atoms with Crippen LogP contribution in [0.1, 0.15) is 69.7 Å². The molecule has 5 unspecified atom stereocenters. The topological polar surface area (TPSA) is 99.4 Å². The van der Waals surface area contributed by atoms with E-state index in [-0.39, 0.29) is 17.4 Å². The van der Waals surface area contributed by atoms with Crippen LogP contribution >= 0.6 is 0 Å². The van der Waals surface area contributed by atoms with E-state index in [1.165, 1.54) is 81.9 Å². The number of rotatable bonds is 3. The lowest BCUT2D eigenvalue weighted by Gasteiger charge is -2.48. The number of aliphatic hydroxyl groups excluding tert-OH is 4. The number of hydrogen-bond acceptors (Lipinski definition) is 6. The number of allylic oxidation sites excluding steroid dienone is 2. The van der Waals surface area contributed by atoms with E-state index in [9.17, 15) is 20.4 Å². The van der Waals surface area contributed by atoms with E-state index in [0.717, 1.165) is 38.5 Å².